The van der Waals surface area contributed by atoms with E-state index in [0.29, 0.717) is 36.1 Å². The van der Waals surface area contributed by atoms with Crippen molar-refractivity contribution < 1.29 is 26.4 Å². The summed E-state index contributed by atoms with van der Waals surface area (Å²) in [6.45, 7) is 5.99. The quantitative estimate of drug-likeness (QED) is 0.508. The molecule has 0 unspecified atom stereocenters. The van der Waals surface area contributed by atoms with Crippen LogP contribution in [0.15, 0.2) is 41.3 Å². The number of sulfonamides is 1. The van der Waals surface area contributed by atoms with E-state index < -0.39 is 43.8 Å². The maximum Gasteiger partial charge on any atom is 0.256 e. The molecule has 0 saturated carbocycles. The number of carbonyl (C=O) groups is 1. The Morgan fingerprint density at radius 1 is 1.03 bits per heavy atom. The molecular weight excluding hydrogens is 521 g/mol. The first-order valence-electron chi connectivity index (χ1n) is 12.0. The fraction of sp³-hybridized carbons (Fsp3) is 0.360. The van der Waals surface area contributed by atoms with Gasteiger partial charge in [-0.15, -0.1) is 0 Å². The molecule has 1 fully saturated rings. The molecule has 3 aromatic rings. The minimum absolute atomic E-state index is 0.0779. The Hall–Kier alpha value is -3.42. The topological polar surface area (TPSA) is 102 Å². The molecule has 2 N–H and O–H groups in total. The minimum atomic E-state index is -4.32. The summed E-state index contributed by atoms with van der Waals surface area (Å²) in [6, 6.07) is 6.35. The molecule has 0 spiro atoms. The van der Waals surface area contributed by atoms with Crippen molar-refractivity contribution >= 4 is 27.4 Å². The molecule has 9 nitrogen and oxygen atoms in total. The average molecular weight is 549 g/mol. The number of benzene rings is 2. The fourth-order valence-electron chi connectivity index (χ4n) is 4.92. The Labute approximate surface area is 218 Å². The van der Waals surface area contributed by atoms with E-state index in [2.05, 4.69) is 20.4 Å². The molecule has 0 atom stereocenters. The Kier molecular flexibility index (Phi) is 6.48. The van der Waals surface area contributed by atoms with Crippen molar-refractivity contribution in [3.63, 3.8) is 0 Å². The van der Waals surface area contributed by atoms with Gasteiger partial charge in [0.05, 0.1) is 21.8 Å². The summed E-state index contributed by atoms with van der Waals surface area (Å²) in [5.41, 5.74) is 0.160. The third-order valence-electron chi connectivity index (χ3n) is 7.11. The van der Waals surface area contributed by atoms with Gasteiger partial charge >= 0.3 is 0 Å². The molecule has 2 aliphatic heterocycles. The van der Waals surface area contributed by atoms with E-state index in [1.54, 1.807) is 19.9 Å². The zero-order chi connectivity index (χ0) is 27.4. The lowest BCUT2D eigenvalue weighted by Gasteiger charge is -2.34. The van der Waals surface area contributed by atoms with Gasteiger partial charge in [0.25, 0.3) is 5.91 Å². The van der Waals surface area contributed by atoms with Crippen molar-refractivity contribution in [1.82, 2.24) is 19.4 Å². The number of likely N-dealkylation sites (N-methyl/N-ethyl adjacent to an activating group) is 1. The molecule has 0 aliphatic carbocycles. The van der Waals surface area contributed by atoms with Crippen LogP contribution in [0, 0.1) is 17.5 Å². The minimum Gasteiger partial charge on any atom is -0.367 e. The molecular formula is C25H27F3N6O3S. The molecule has 3 heterocycles. The number of nitrogens with one attached hydrogen (secondary N) is 2. The first-order chi connectivity index (χ1) is 17.9. The van der Waals surface area contributed by atoms with E-state index in [0.717, 1.165) is 35.6 Å². The van der Waals surface area contributed by atoms with Crippen molar-refractivity contribution in [2.75, 3.05) is 43.4 Å². The van der Waals surface area contributed by atoms with Crippen LogP contribution < -0.4 is 10.2 Å². The van der Waals surface area contributed by atoms with Crippen LogP contribution in [0.4, 0.5) is 24.7 Å². The van der Waals surface area contributed by atoms with Gasteiger partial charge in [0, 0.05) is 49.9 Å². The van der Waals surface area contributed by atoms with E-state index in [1.165, 1.54) is 6.07 Å². The van der Waals surface area contributed by atoms with Crippen molar-refractivity contribution in [2.24, 2.45) is 0 Å². The number of amides is 1. The molecule has 1 aromatic heterocycles. The third-order valence-corrected chi connectivity index (χ3v) is 9.11. The number of piperazine rings is 1. The predicted molar refractivity (Wildman–Crippen MR) is 135 cm³/mol. The van der Waals surface area contributed by atoms with Gasteiger partial charge in [-0.25, -0.2) is 21.6 Å². The second-order valence-electron chi connectivity index (χ2n) is 10.0. The fourth-order valence-corrected chi connectivity index (χ4v) is 6.69. The van der Waals surface area contributed by atoms with Crippen LogP contribution in [-0.2, 0) is 22.1 Å². The van der Waals surface area contributed by atoms with Crippen molar-refractivity contribution in [3.05, 3.63) is 70.7 Å². The zero-order valence-corrected chi connectivity index (χ0v) is 21.9. The number of anilines is 2. The van der Waals surface area contributed by atoms with Gasteiger partial charge in [0.1, 0.15) is 17.5 Å². The predicted octanol–water partition coefficient (Wildman–Crippen LogP) is 3.27. The van der Waals surface area contributed by atoms with Gasteiger partial charge in [-0.2, -0.15) is 9.40 Å². The molecule has 5 rings (SSSR count). The maximum absolute atomic E-state index is 14.9. The van der Waals surface area contributed by atoms with Crippen LogP contribution in [0.1, 0.15) is 35.5 Å². The summed E-state index contributed by atoms with van der Waals surface area (Å²) in [7, 11) is -2.31. The van der Waals surface area contributed by atoms with Gasteiger partial charge in [-0.1, -0.05) is 0 Å². The molecule has 2 aromatic carbocycles. The SMILES string of the molecule is CN1CCN(c2ccc(C(=O)Nc3n[nH]c4c3CN(S(=O)(=O)c3cc(F)cc(F)c3)C4(C)C)cc2F)CC1. The number of nitrogens with zero attached hydrogens (tertiary/aromatic N) is 4. The lowest BCUT2D eigenvalue weighted by Crippen LogP contribution is -2.44. The Morgan fingerprint density at radius 2 is 1.68 bits per heavy atom. The Morgan fingerprint density at radius 3 is 2.32 bits per heavy atom. The molecule has 202 valence electrons. The first kappa shape index (κ1) is 26.2. The lowest BCUT2D eigenvalue weighted by molar-refractivity contribution is 0.102. The normalized spacial score (nSPS) is 18.0. The van der Waals surface area contributed by atoms with E-state index in [4.69, 9.17) is 0 Å². The van der Waals surface area contributed by atoms with Gasteiger partial charge in [0.15, 0.2) is 5.82 Å². The third kappa shape index (κ3) is 4.54. The summed E-state index contributed by atoms with van der Waals surface area (Å²) < 4.78 is 70.2. The van der Waals surface area contributed by atoms with E-state index >= 15 is 0 Å². The summed E-state index contributed by atoms with van der Waals surface area (Å²) >= 11 is 0. The van der Waals surface area contributed by atoms with Gasteiger partial charge in [-0.05, 0) is 51.2 Å². The van der Waals surface area contributed by atoms with Crippen LogP contribution >= 0.6 is 0 Å². The van der Waals surface area contributed by atoms with Gasteiger partial charge in [-0.3, -0.25) is 9.89 Å². The smallest absolute Gasteiger partial charge is 0.256 e. The molecule has 1 amide bonds. The standard InChI is InChI=1S/C25H27F3N6O3S/c1-25(2)22-19(14-34(25)38(36,37)18-12-16(26)11-17(27)13-18)23(31-30-22)29-24(35)15-4-5-21(20(28)10-15)33-8-6-32(3)7-9-33/h4-5,10-13H,6-9,14H2,1-3H3,(H2,29,30,31,35). The summed E-state index contributed by atoms with van der Waals surface area (Å²) in [6.07, 6.45) is 0. The van der Waals surface area contributed by atoms with E-state index in [9.17, 15) is 26.4 Å². The highest BCUT2D eigenvalue weighted by atomic mass is 32.2. The number of fused-ring (bicyclic) bond motifs is 1. The Balaban J connectivity index is 1.37. The number of H-pyrrole nitrogens is 1. The number of hydrogen-bond donors (Lipinski definition) is 2. The summed E-state index contributed by atoms with van der Waals surface area (Å²) in [4.78, 5) is 16.5. The Bertz CT molecular complexity index is 1500. The highest BCUT2D eigenvalue weighted by Gasteiger charge is 2.48. The monoisotopic (exact) mass is 548 g/mol. The molecule has 0 bridgehead atoms. The van der Waals surface area contributed by atoms with Crippen LogP contribution in [0.2, 0.25) is 0 Å². The second-order valence-corrected chi connectivity index (χ2v) is 11.9. The number of hydrogen-bond acceptors (Lipinski definition) is 6. The average Bonchev–Trinajstić information content (AvgIpc) is 3.37. The summed E-state index contributed by atoms with van der Waals surface area (Å²) in [5, 5.41) is 9.53. The highest BCUT2D eigenvalue weighted by Crippen LogP contribution is 2.44. The maximum atomic E-state index is 14.9. The first-order valence-corrected chi connectivity index (χ1v) is 13.4. The second kappa shape index (κ2) is 9.40. The number of aromatic amines is 1. The van der Waals surface area contributed by atoms with Crippen LogP contribution in [-0.4, -0.2) is 67.0 Å². The molecule has 1 saturated heterocycles. The molecule has 2 aliphatic rings. The number of aromatic nitrogens is 2. The van der Waals surface area contributed by atoms with Crippen LogP contribution in [0.3, 0.4) is 0 Å². The van der Waals surface area contributed by atoms with E-state index in [-0.39, 0.29) is 17.9 Å². The zero-order valence-electron chi connectivity index (χ0n) is 21.1. The van der Waals surface area contributed by atoms with E-state index in [1.807, 2.05) is 11.9 Å². The van der Waals surface area contributed by atoms with Gasteiger partial charge < -0.3 is 15.1 Å². The van der Waals surface area contributed by atoms with Crippen LogP contribution in [0.5, 0.6) is 0 Å². The largest absolute Gasteiger partial charge is 0.367 e. The van der Waals surface area contributed by atoms with Crippen molar-refractivity contribution in [3.8, 4) is 0 Å². The van der Waals surface area contributed by atoms with Gasteiger partial charge in [0.2, 0.25) is 10.0 Å². The van der Waals surface area contributed by atoms with Crippen LogP contribution in [0.25, 0.3) is 0 Å². The number of rotatable bonds is 5. The van der Waals surface area contributed by atoms with Crippen molar-refractivity contribution in [2.45, 2.75) is 30.8 Å². The number of halogens is 3. The summed E-state index contributed by atoms with van der Waals surface area (Å²) in [5.74, 6) is -3.08. The van der Waals surface area contributed by atoms with Crippen molar-refractivity contribution in [1.29, 1.82) is 0 Å². The molecule has 38 heavy (non-hydrogen) atoms. The highest BCUT2D eigenvalue weighted by molar-refractivity contribution is 7.89. The molecule has 13 heteroatoms. The number of carbonyl (C=O) groups excluding carboxylic acids is 1. The lowest BCUT2D eigenvalue weighted by atomic mass is 10.0. The molecule has 0 radical (unpaired) electrons.